The van der Waals surface area contributed by atoms with E-state index in [9.17, 15) is 4.39 Å². The number of benzene rings is 2. The van der Waals surface area contributed by atoms with Gasteiger partial charge in [0, 0.05) is 23.6 Å². The lowest BCUT2D eigenvalue weighted by molar-refractivity contribution is -2.00. The fourth-order valence-electron chi connectivity index (χ4n) is 2.64. The zero-order chi connectivity index (χ0) is 20.3. The molecular formula is C19H14ClFO7. The van der Waals surface area contributed by atoms with Crippen molar-refractivity contribution in [2.45, 2.75) is 6.92 Å². The van der Waals surface area contributed by atoms with Gasteiger partial charge in [-0.2, -0.15) is 0 Å². The molecule has 2 heterocycles. The Hall–Kier alpha value is -2.75. The summed E-state index contributed by atoms with van der Waals surface area (Å²) in [6, 6.07) is 12.1. The summed E-state index contributed by atoms with van der Waals surface area (Å²) in [6.45, 7) is 2.14. The van der Waals surface area contributed by atoms with Crippen molar-refractivity contribution in [2.75, 3.05) is 6.79 Å². The van der Waals surface area contributed by atoms with Gasteiger partial charge in [0.25, 0.3) is 0 Å². The summed E-state index contributed by atoms with van der Waals surface area (Å²) in [5.41, 5.74) is 0.900. The SMILES string of the molecule is Cc1cc2cc3c(cc2c(C=Cc2ccc(F)cc2)[o+]1)OCO3.[O-][Cl+3]([O-])([O-])[O-]. The molecule has 0 radical (unpaired) electrons. The fourth-order valence-corrected chi connectivity index (χ4v) is 2.64. The molecule has 0 amide bonds. The van der Waals surface area contributed by atoms with Gasteiger partial charge in [-0.15, -0.1) is 10.2 Å². The van der Waals surface area contributed by atoms with Gasteiger partial charge in [-0.05, 0) is 29.8 Å². The van der Waals surface area contributed by atoms with Crippen LogP contribution in [0.1, 0.15) is 17.1 Å². The predicted molar refractivity (Wildman–Crippen MR) is 86.8 cm³/mol. The molecule has 0 aliphatic carbocycles. The normalized spacial score (nSPS) is 12.9. The first-order valence-electron chi connectivity index (χ1n) is 7.91. The van der Waals surface area contributed by atoms with Crippen LogP contribution >= 0.6 is 0 Å². The lowest BCUT2D eigenvalue weighted by atomic mass is 10.1. The fraction of sp³-hybridized carbons (Fsp3) is 0.105. The molecule has 0 spiro atoms. The van der Waals surface area contributed by atoms with Gasteiger partial charge in [-0.3, -0.25) is 0 Å². The molecule has 146 valence electrons. The molecule has 0 unspecified atom stereocenters. The molecular weight excluding hydrogens is 395 g/mol. The average Bonchev–Trinajstić information content (AvgIpc) is 3.05. The Kier molecular flexibility index (Phi) is 5.78. The maximum Gasteiger partial charge on any atom is 0.360 e. The van der Waals surface area contributed by atoms with Crippen LogP contribution in [0, 0.1) is 23.0 Å². The van der Waals surface area contributed by atoms with E-state index >= 15 is 0 Å². The highest BCUT2D eigenvalue weighted by Crippen LogP contribution is 2.38. The van der Waals surface area contributed by atoms with Crippen LogP contribution in [-0.2, 0) is 0 Å². The third-order valence-electron chi connectivity index (χ3n) is 3.74. The third-order valence-corrected chi connectivity index (χ3v) is 3.74. The van der Waals surface area contributed by atoms with Crippen molar-refractivity contribution in [1.29, 1.82) is 0 Å². The van der Waals surface area contributed by atoms with E-state index in [0.29, 0.717) is 5.75 Å². The molecule has 4 rings (SSSR count). The number of ether oxygens (including phenoxy) is 2. The highest BCUT2D eigenvalue weighted by molar-refractivity contribution is 5.93. The van der Waals surface area contributed by atoms with Crippen molar-refractivity contribution in [2.24, 2.45) is 0 Å². The van der Waals surface area contributed by atoms with Crippen LogP contribution in [0.15, 0.2) is 46.9 Å². The van der Waals surface area contributed by atoms with Gasteiger partial charge >= 0.3 is 11.5 Å². The molecule has 7 nitrogen and oxygen atoms in total. The summed E-state index contributed by atoms with van der Waals surface area (Å²) in [5.74, 6) is 2.74. The number of fused-ring (bicyclic) bond motifs is 2. The van der Waals surface area contributed by atoms with Crippen molar-refractivity contribution in [3.8, 4) is 11.5 Å². The summed E-state index contributed by atoms with van der Waals surface area (Å²) >= 11 is 0. The minimum Gasteiger partial charge on any atom is -0.454 e. The van der Waals surface area contributed by atoms with Gasteiger partial charge in [-0.1, -0.05) is 12.1 Å². The van der Waals surface area contributed by atoms with E-state index in [1.807, 2.05) is 37.3 Å². The molecule has 1 aromatic heterocycles. The summed E-state index contributed by atoms with van der Waals surface area (Å²) in [5, 5.41) is 1.97. The molecule has 0 saturated heterocycles. The zero-order valence-corrected chi connectivity index (χ0v) is 15.3. The Morgan fingerprint density at radius 1 is 0.964 bits per heavy atom. The Morgan fingerprint density at radius 3 is 2.21 bits per heavy atom. The lowest BCUT2D eigenvalue weighted by Crippen LogP contribution is -2.68. The van der Waals surface area contributed by atoms with Gasteiger partial charge in [0.05, 0.1) is 12.3 Å². The van der Waals surface area contributed by atoms with Crippen LogP contribution in [0.5, 0.6) is 11.5 Å². The molecule has 1 aliphatic heterocycles. The first kappa shape index (κ1) is 20.0. The van der Waals surface area contributed by atoms with Gasteiger partial charge in [0.1, 0.15) is 5.82 Å². The van der Waals surface area contributed by atoms with Crippen molar-refractivity contribution in [1.82, 2.24) is 0 Å². The van der Waals surface area contributed by atoms with Crippen molar-refractivity contribution >= 4 is 22.9 Å². The van der Waals surface area contributed by atoms with Gasteiger partial charge < -0.3 is 9.47 Å². The number of rotatable bonds is 2. The minimum atomic E-state index is -4.94. The summed E-state index contributed by atoms with van der Waals surface area (Å²) < 4.78 is 63.6. The molecule has 0 N–H and O–H groups in total. The Labute approximate surface area is 161 Å². The Balaban J connectivity index is 0.000000403. The average molecular weight is 409 g/mol. The molecule has 2 aromatic carbocycles. The van der Waals surface area contributed by atoms with Crippen LogP contribution < -0.4 is 28.1 Å². The maximum absolute atomic E-state index is 13.0. The monoisotopic (exact) mass is 408 g/mol. The molecule has 9 heteroatoms. The highest BCUT2D eigenvalue weighted by Gasteiger charge is 2.20. The van der Waals surface area contributed by atoms with Crippen LogP contribution in [0.4, 0.5) is 4.39 Å². The van der Waals surface area contributed by atoms with E-state index in [1.54, 1.807) is 12.1 Å². The molecule has 3 aromatic rings. The number of hydrogen-bond donors (Lipinski definition) is 0. The first-order valence-corrected chi connectivity index (χ1v) is 9.15. The number of halogens is 2. The summed E-state index contributed by atoms with van der Waals surface area (Å²) in [7, 11) is -4.94. The van der Waals surface area contributed by atoms with Gasteiger partial charge in [-0.25, -0.2) is 27.4 Å². The highest BCUT2D eigenvalue weighted by atomic mass is 35.7. The van der Waals surface area contributed by atoms with E-state index in [0.717, 1.165) is 33.6 Å². The van der Waals surface area contributed by atoms with Crippen molar-refractivity contribution < 1.29 is 47.2 Å². The molecule has 0 atom stereocenters. The van der Waals surface area contributed by atoms with E-state index in [-0.39, 0.29) is 12.6 Å². The largest absolute Gasteiger partial charge is 0.454 e. The van der Waals surface area contributed by atoms with Crippen LogP contribution in [0.25, 0.3) is 22.9 Å². The molecule has 28 heavy (non-hydrogen) atoms. The Bertz CT molecular complexity index is 1010. The second-order valence-electron chi connectivity index (χ2n) is 5.78. The lowest BCUT2D eigenvalue weighted by Gasteiger charge is -2.17. The first-order chi connectivity index (χ1) is 13.2. The third kappa shape index (κ3) is 5.38. The molecule has 0 bridgehead atoms. The second-order valence-corrected chi connectivity index (χ2v) is 6.53. The van der Waals surface area contributed by atoms with Gasteiger partial charge in [0.15, 0.2) is 11.5 Å². The van der Waals surface area contributed by atoms with Gasteiger partial charge in [0.2, 0.25) is 6.79 Å². The van der Waals surface area contributed by atoms with E-state index in [2.05, 4.69) is 0 Å². The minimum absolute atomic E-state index is 0.239. The zero-order valence-electron chi connectivity index (χ0n) is 14.5. The smallest absolute Gasteiger partial charge is 0.360 e. The summed E-state index contributed by atoms with van der Waals surface area (Å²) in [4.78, 5) is 0. The van der Waals surface area contributed by atoms with E-state index in [1.165, 1.54) is 12.1 Å². The molecule has 0 saturated carbocycles. The van der Waals surface area contributed by atoms with Crippen LogP contribution in [-0.4, -0.2) is 6.79 Å². The topological polar surface area (TPSA) is 122 Å². The Morgan fingerprint density at radius 2 is 1.57 bits per heavy atom. The van der Waals surface area contributed by atoms with Crippen LogP contribution in [0.3, 0.4) is 0 Å². The van der Waals surface area contributed by atoms with Crippen molar-refractivity contribution in [3.63, 3.8) is 0 Å². The number of hydrogen-bond acceptors (Lipinski definition) is 6. The second kappa shape index (κ2) is 8.09. The van der Waals surface area contributed by atoms with Crippen LogP contribution in [0.2, 0.25) is 0 Å². The van der Waals surface area contributed by atoms with E-state index < -0.39 is 10.2 Å². The van der Waals surface area contributed by atoms with Crippen molar-refractivity contribution in [3.05, 3.63) is 65.4 Å². The maximum atomic E-state index is 13.0. The molecule has 0 fully saturated rings. The quantitative estimate of drug-likeness (QED) is 0.559. The van der Waals surface area contributed by atoms with E-state index in [4.69, 9.17) is 32.5 Å². The summed E-state index contributed by atoms with van der Waals surface area (Å²) in [6.07, 6.45) is 3.77. The predicted octanol–water partition coefficient (Wildman–Crippen LogP) is 0.305. The standard InChI is InChI=1S/C19H14FO3.ClHO4/c1-12-8-14-9-18-19(22-11-21-18)10-16(14)17(23-12)7-4-13-2-5-15(20)6-3-13;2-1(3,4)5/h2-10H,11H2,1H3;(H,2,3,4,5)/q+1;/p-1. The number of aryl methyl sites for hydroxylation is 1. The molecule has 1 aliphatic rings.